The summed E-state index contributed by atoms with van der Waals surface area (Å²) in [6.45, 7) is 0.0390. The molecule has 15 aromatic rings. The van der Waals surface area contributed by atoms with Gasteiger partial charge in [-0.05, 0) is 177 Å². The van der Waals surface area contributed by atoms with Crippen molar-refractivity contribution in [3.63, 3.8) is 0 Å². The first-order chi connectivity index (χ1) is 48.8. The number of benzene rings is 15. The second-order valence-electron chi connectivity index (χ2n) is 25.5. The van der Waals surface area contributed by atoms with Crippen LogP contribution in [-0.2, 0) is 0 Å². The lowest BCUT2D eigenvalue weighted by Crippen LogP contribution is -2.59. The summed E-state index contributed by atoms with van der Waals surface area (Å²) in [7, 11) is -1.34. The molecule has 474 valence electrons. The van der Waals surface area contributed by atoms with Crippen molar-refractivity contribution in [3.8, 4) is 111 Å². The monoisotopic (exact) mass is 1410 g/mol. The van der Waals surface area contributed by atoms with Crippen molar-refractivity contribution in [1.29, 1.82) is 0 Å². The van der Waals surface area contributed by atoms with Gasteiger partial charge in [-0.25, -0.2) is 0 Å². The normalized spacial score (nSPS) is 12.0. The Morgan fingerprint density at radius 1 is 0.220 bits per heavy atom. The molecule has 9 heteroatoms. The van der Waals surface area contributed by atoms with E-state index < -0.39 is 7.12 Å². The van der Waals surface area contributed by atoms with Crippen molar-refractivity contribution < 1.29 is 10.0 Å². The van der Waals surface area contributed by atoms with E-state index >= 15 is 0 Å². The van der Waals surface area contributed by atoms with E-state index in [9.17, 15) is 0 Å². The number of fused-ring (bicyclic) bond motifs is 22. The molecule has 0 saturated carbocycles. The molecule has 0 aromatic heterocycles. The molecule has 100 heavy (non-hydrogen) atoms. The summed E-state index contributed by atoms with van der Waals surface area (Å²) in [5.41, 5.74) is 35.7. The zero-order valence-electron chi connectivity index (χ0n) is 53.8. The molecule has 4 aliphatic heterocycles. The number of hydrogen-bond acceptors (Lipinski definition) is 4. The molecule has 2 N–H and O–H groups in total. The maximum atomic E-state index is 8.58. The van der Waals surface area contributed by atoms with Crippen LogP contribution in [-0.4, -0.2) is 30.9 Å². The average molecular weight is 1410 g/mol. The maximum absolute atomic E-state index is 8.58. The first kappa shape index (κ1) is 63.7. The summed E-state index contributed by atoms with van der Waals surface area (Å²) in [5.74, 6) is 0. The Kier molecular flexibility index (Phi) is 17.4. The Morgan fingerprint density at radius 3 is 0.690 bits per heavy atom. The largest absolute Gasteiger partial charge is 0.488 e. The fourth-order valence-corrected chi connectivity index (χ4v) is 15.8. The minimum absolute atomic E-state index is 0. The lowest BCUT2D eigenvalue weighted by atomic mass is 9.43. The molecule has 0 bridgehead atoms. The summed E-state index contributed by atoms with van der Waals surface area (Å²) in [5, 5.41) is 17.2. The molecule has 4 nitrogen and oxygen atoms in total. The summed E-state index contributed by atoms with van der Waals surface area (Å²) in [6.07, 6.45) is 0. The van der Waals surface area contributed by atoms with Gasteiger partial charge in [0.15, 0.2) is 0 Å². The molecule has 0 atom stereocenters. The number of rotatable bonds is 7. The Morgan fingerprint density at radius 2 is 0.440 bits per heavy atom. The van der Waals surface area contributed by atoms with E-state index in [-0.39, 0.29) is 21.1 Å². The molecule has 15 aromatic carbocycles. The molecular weight excluding hydrogens is 1350 g/mol. The van der Waals surface area contributed by atoms with E-state index in [1.165, 1.54) is 156 Å². The zero-order chi connectivity index (χ0) is 66.5. The third-order valence-corrected chi connectivity index (χ3v) is 20.7. The lowest BCUT2D eigenvalue weighted by molar-refractivity contribution is 0.426. The Bertz CT molecular complexity index is 5200. The standard InChI is InChI=1S/C48H32BN.C36H22BBr2N.C6H7BO2.CH4/c1-5-13-33(14-6-1)37-23-27-47-43(29-37)41-25-21-39(35-17-9-3-10-18-35)31-45(41)49-46-32-40(36-19-11-4-12-20-36)22-26-42(46)44-30-38(24-28-48(44)50(47)49)34-15-7-2-8-16-34;38-27-13-17-35-31(21-27)29-15-11-25(23-7-3-1-4-8-23)19-33(29)37-34-20-26(24-9-5-2-6-10-24)12-16-30(34)32-22-28(39)14-18-36(32)40(35)37;8-7(9)6-4-2-1-3-5-6;/h1-32H;1-22H;1-5,8-9H;1H4. The van der Waals surface area contributed by atoms with Crippen LogP contribution in [0.2, 0.25) is 0 Å². The minimum atomic E-state index is -1.34. The molecule has 4 heterocycles. The van der Waals surface area contributed by atoms with Gasteiger partial charge in [0.2, 0.25) is 0 Å². The van der Waals surface area contributed by atoms with Gasteiger partial charge in [0.1, 0.15) is 0 Å². The first-order valence-corrected chi connectivity index (χ1v) is 35.1. The lowest BCUT2D eigenvalue weighted by Gasteiger charge is -2.44. The highest BCUT2D eigenvalue weighted by molar-refractivity contribution is 9.10. The van der Waals surface area contributed by atoms with Crippen molar-refractivity contribution in [3.05, 3.63) is 367 Å². The highest BCUT2D eigenvalue weighted by atomic mass is 79.9. The second-order valence-corrected chi connectivity index (χ2v) is 27.4. The molecule has 0 spiro atoms. The van der Waals surface area contributed by atoms with Crippen molar-refractivity contribution in [2.45, 2.75) is 7.43 Å². The molecule has 0 amide bonds. The van der Waals surface area contributed by atoms with Crippen LogP contribution < -0.4 is 36.9 Å². The molecular formula is C91H65B3Br2N2O2. The summed E-state index contributed by atoms with van der Waals surface area (Å²) < 4.78 is 2.17. The molecule has 0 saturated heterocycles. The van der Waals surface area contributed by atoms with E-state index in [1.54, 1.807) is 24.3 Å². The predicted octanol–water partition coefficient (Wildman–Crippen LogP) is 20.7. The Labute approximate surface area is 603 Å². The molecule has 19 rings (SSSR count). The summed E-state index contributed by atoms with van der Waals surface area (Å²) in [4.78, 5) is 5.17. The quantitative estimate of drug-likeness (QED) is 0.156. The third-order valence-electron chi connectivity index (χ3n) is 19.8. The zero-order valence-corrected chi connectivity index (χ0v) is 57.0. The minimum Gasteiger partial charge on any atom is -0.423 e. The van der Waals surface area contributed by atoms with Gasteiger partial charge in [-0.1, -0.05) is 337 Å². The van der Waals surface area contributed by atoms with Crippen LogP contribution in [0.5, 0.6) is 0 Å². The second kappa shape index (κ2) is 27.4. The van der Waals surface area contributed by atoms with Crippen molar-refractivity contribution in [2.24, 2.45) is 0 Å². The maximum Gasteiger partial charge on any atom is 0.488 e. The predicted molar refractivity (Wildman–Crippen MR) is 433 cm³/mol. The van der Waals surface area contributed by atoms with Gasteiger partial charge in [-0.2, -0.15) is 0 Å². The van der Waals surface area contributed by atoms with Crippen molar-refractivity contribution >= 4 is 103 Å². The molecule has 0 radical (unpaired) electrons. The van der Waals surface area contributed by atoms with E-state index in [2.05, 4.69) is 369 Å². The highest BCUT2D eigenvalue weighted by Gasteiger charge is 2.45. The number of anilines is 4. The SMILES string of the molecule is Brc1ccc2c(c1)-c1ccc(-c3ccccc3)cc1B1c3cc(-c4ccccc4)ccc3-c3cc(Br)ccc3N12.C.OB(O)c1ccccc1.c1ccc(-c2ccc3c(c2)B2c4cc(-c5ccccc5)ccc4-c4cc(-c5ccccc5)ccc4N2c2ccc(-c4ccccc4)cc2-3)cc1. The van der Waals surface area contributed by atoms with Gasteiger partial charge in [-0.3, -0.25) is 0 Å². The Hall–Kier alpha value is -11.0. The van der Waals surface area contributed by atoms with E-state index in [4.69, 9.17) is 10.0 Å². The fourth-order valence-electron chi connectivity index (χ4n) is 15.1. The molecule has 0 fully saturated rings. The van der Waals surface area contributed by atoms with Crippen LogP contribution >= 0.6 is 31.9 Å². The van der Waals surface area contributed by atoms with Crippen LogP contribution in [0.4, 0.5) is 22.7 Å². The smallest absolute Gasteiger partial charge is 0.423 e. The van der Waals surface area contributed by atoms with Crippen molar-refractivity contribution in [1.82, 2.24) is 0 Å². The van der Waals surface area contributed by atoms with Gasteiger partial charge in [0.05, 0.1) is 0 Å². The summed E-state index contributed by atoms with van der Waals surface area (Å²) in [6, 6.07) is 129. The Balaban J connectivity index is 0.000000140. The van der Waals surface area contributed by atoms with E-state index in [0.717, 1.165) is 8.95 Å². The number of nitrogens with zero attached hydrogens (tertiary/aromatic N) is 2. The van der Waals surface area contributed by atoms with E-state index in [0.29, 0.717) is 5.46 Å². The fraction of sp³-hybridized carbons (Fsp3) is 0.0110. The van der Waals surface area contributed by atoms with Crippen LogP contribution in [0.15, 0.2) is 367 Å². The molecule has 4 aliphatic rings. The molecule has 0 aliphatic carbocycles. The molecule has 0 unspecified atom stereocenters. The van der Waals surface area contributed by atoms with Crippen LogP contribution in [0.25, 0.3) is 111 Å². The average Bonchev–Trinajstić information content (AvgIpc) is 0.710. The number of halogens is 2. The third kappa shape index (κ3) is 11.8. The summed E-state index contributed by atoms with van der Waals surface area (Å²) >= 11 is 7.52. The van der Waals surface area contributed by atoms with Gasteiger partial charge in [0.25, 0.3) is 0 Å². The van der Waals surface area contributed by atoms with Gasteiger partial charge >= 0.3 is 20.8 Å². The highest BCUT2D eigenvalue weighted by Crippen LogP contribution is 2.51. The van der Waals surface area contributed by atoms with Crippen molar-refractivity contribution in [2.75, 3.05) is 9.62 Å². The van der Waals surface area contributed by atoms with Gasteiger partial charge in [-0.15, -0.1) is 0 Å². The van der Waals surface area contributed by atoms with Crippen LogP contribution in [0.1, 0.15) is 7.43 Å². The van der Waals surface area contributed by atoms with Gasteiger partial charge in [0, 0.05) is 53.9 Å². The first-order valence-electron chi connectivity index (χ1n) is 33.5. The topological polar surface area (TPSA) is 46.9 Å². The van der Waals surface area contributed by atoms with Crippen LogP contribution in [0.3, 0.4) is 0 Å². The number of hydrogen-bond donors (Lipinski definition) is 2. The van der Waals surface area contributed by atoms with Gasteiger partial charge < -0.3 is 19.7 Å². The van der Waals surface area contributed by atoms with E-state index in [1.807, 2.05) is 6.07 Å². The van der Waals surface area contributed by atoms with Crippen LogP contribution in [0, 0.1) is 0 Å².